The van der Waals surface area contributed by atoms with E-state index in [0.29, 0.717) is 0 Å². The van der Waals surface area contributed by atoms with Crippen LogP contribution in [-0.2, 0) is 14.3 Å². The van der Waals surface area contributed by atoms with E-state index in [1.807, 2.05) is 21.7 Å². The summed E-state index contributed by atoms with van der Waals surface area (Å²) < 4.78 is 5.13. The first-order valence-corrected chi connectivity index (χ1v) is 9.37. The van der Waals surface area contributed by atoms with Crippen LogP contribution < -0.4 is 0 Å². The minimum Gasteiger partial charge on any atom is -0.452 e. The highest BCUT2D eigenvalue weighted by molar-refractivity contribution is 7.08. The Hall–Kier alpha value is -1.62. The maximum absolute atomic E-state index is 12.5. The van der Waals surface area contributed by atoms with Gasteiger partial charge in [0.15, 0.2) is 6.61 Å². The monoisotopic (exact) mass is 347 g/mol. The van der Waals surface area contributed by atoms with Crippen LogP contribution in [0.3, 0.4) is 0 Å². The molecule has 1 aromatic rings. The largest absolute Gasteiger partial charge is 0.452 e. The molecule has 130 valence electrons. The molecule has 3 rings (SSSR count). The maximum Gasteiger partial charge on any atom is 0.331 e. The normalized spacial score (nSPS) is 28.3. The van der Waals surface area contributed by atoms with Gasteiger partial charge in [0.2, 0.25) is 0 Å². The summed E-state index contributed by atoms with van der Waals surface area (Å²) in [5, 5.41) is 3.89. The van der Waals surface area contributed by atoms with Crippen molar-refractivity contribution < 1.29 is 14.3 Å². The van der Waals surface area contributed by atoms with E-state index in [-0.39, 0.29) is 29.4 Å². The minimum absolute atomic E-state index is 0.0706. The molecule has 0 radical (unpaired) electrons. The van der Waals surface area contributed by atoms with Gasteiger partial charge < -0.3 is 9.64 Å². The van der Waals surface area contributed by atoms with E-state index >= 15 is 0 Å². The number of rotatable bonds is 4. The quantitative estimate of drug-likeness (QED) is 0.616. The number of likely N-dealkylation sites (tertiary alicyclic amines) is 1. The highest BCUT2D eigenvalue weighted by atomic mass is 32.1. The number of hydrogen-bond donors (Lipinski definition) is 0. The molecule has 2 fully saturated rings. The van der Waals surface area contributed by atoms with Crippen LogP contribution in [0.25, 0.3) is 6.08 Å². The number of hydrogen-bond acceptors (Lipinski definition) is 4. The smallest absolute Gasteiger partial charge is 0.331 e. The molecule has 0 aromatic carbocycles. The van der Waals surface area contributed by atoms with Crippen LogP contribution >= 0.6 is 11.3 Å². The lowest BCUT2D eigenvalue weighted by Gasteiger charge is -2.39. The van der Waals surface area contributed by atoms with Crippen LogP contribution in [-0.4, -0.2) is 36.0 Å². The summed E-state index contributed by atoms with van der Waals surface area (Å²) in [5.74, 6) is -0.540. The third-order valence-electron chi connectivity index (χ3n) is 5.03. The molecule has 1 aliphatic heterocycles. The Morgan fingerprint density at radius 3 is 2.88 bits per heavy atom. The number of esters is 1. The van der Waals surface area contributed by atoms with Crippen LogP contribution in [0, 0.1) is 10.8 Å². The number of nitrogens with zero attached hydrogens (tertiary/aromatic N) is 1. The lowest BCUT2D eigenvalue weighted by atomic mass is 9.65. The Morgan fingerprint density at radius 2 is 2.17 bits per heavy atom. The molecule has 24 heavy (non-hydrogen) atoms. The van der Waals surface area contributed by atoms with Crippen LogP contribution in [0.2, 0.25) is 0 Å². The average molecular weight is 347 g/mol. The van der Waals surface area contributed by atoms with Crippen molar-refractivity contribution in [1.82, 2.24) is 4.90 Å². The summed E-state index contributed by atoms with van der Waals surface area (Å²) in [6.07, 6.45) is 6.32. The van der Waals surface area contributed by atoms with E-state index in [0.717, 1.165) is 31.4 Å². The Bertz CT molecular complexity index is 650. The van der Waals surface area contributed by atoms with Crippen molar-refractivity contribution in [3.63, 3.8) is 0 Å². The Morgan fingerprint density at radius 1 is 1.38 bits per heavy atom. The fourth-order valence-electron chi connectivity index (χ4n) is 4.55. The van der Waals surface area contributed by atoms with Gasteiger partial charge >= 0.3 is 5.97 Å². The van der Waals surface area contributed by atoms with Gasteiger partial charge in [0.25, 0.3) is 5.91 Å². The molecule has 1 amide bonds. The number of thiophene rings is 1. The van der Waals surface area contributed by atoms with Gasteiger partial charge in [-0.25, -0.2) is 4.79 Å². The topological polar surface area (TPSA) is 46.6 Å². The van der Waals surface area contributed by atoms with E-state index in [1.165, 1.54) is 6.08 Å². The third kappa shape index (κ3) is 3.89. The molecule has 4 nitrogen and oxygen atoms in total. The van der Waals surface area contributed by atoms with Gasteiger partial charge in [0.05, 0.1) is 0 Å². The van der Waals surface area contributed by atoms with E-state index in [2.05, 4.69) is 20.8 Å². The van der Waals surface area contributed by atoms with Crippen LogP contribution in [0.1, 0.15) is 45.6 Å². The van der Waals surface area contributed by atoms with E-state index < -0.39 is 5.97 Å². The Labute approximate surface area is 147 Å². The van der Waals surface area contributed by atoms with Crippen molar-refractivity contribution in [3.05, 3.63) is 28.5 Å². The molecule has 2 heterocycles. The van der Waals surface area contributed by atoms with Gasteiger partial charge in [-0.15, -0.1) is 0 Å². The molecule has 1 saturated carbocycles. The van der Waals surface area contributed by atoms with Gasteiger partial charge in [-0.05, 0) is 58.6 Å². The van der Waals surface area contributed by atoms with Crippen molar-refractivity contribution in [2.75, 3.05) is 13.2 Å². The molecule has 0 unspecified atom stereocenters. The van der Waals surface area contributed by atoms with Crippen LogP contribution in [0.4, 0.5) is 0 Å². The Kier molecular flexibility index (Phi) is 4.56. The highest BCUT2D eigenvalue weighted by Crippen LogP contribution is 2.52. The molecular weight excluding hydrogens is 322 g/mol. The number of amides is 1. The molecule has 1 aliphatic carbocycles. The zero-order valence-corrected chi connectivity index (χ0v) is 15.4. The number of ether oxygens (including phenoxy) is 1. The summed E-state index contributed by atoms with van der Waals surface area (Å²) in [4.78, 5) is 26.2. The summed E-state index contributed by atoms with van der Waals surface area (Å²) in [6.45, 7) is 7.44. The standard InChI is InChI=1S/C19H25NO3S/c1-18(2)8-15-9-19(3,12-18)13-20(15)16(21)10-23-17(22)5-4-14-6-7-24-11-14/h4-7,11,15H,8-10,12-13H2,1-3H3/b5-4+/t15-,19-/m0/s1. The second-order valence-electron chi connectivity index (χ2n) is 8.23. The molecule has 0 N–H and O–H groups in total. The molecule has 2 bridgehead atoms. The first-order chi connectivity index (χ1) is 11.3. The average Bonchev–Trinajstić information content (AvgIpc) is 3.07. The second kappa shape index (κ2) is 6.36. The summed E-state index contributed by atoms with van der Waals surface area (Å²) in [7, 11) is 0. The van der Waals surface area contributed by atoms with Gasteiger partial charge in [-0.1, -0.05) is 20.8 Å². The molecular formula is C19H25NO3S. The van der Waals surface area contributed by atoms with Gasteiger partial charge in [0.1, 0.15) is 0 Å². The highest BCUT2D eigenvalue weighted by Gasteiger charge is 2.50. The van der Waals surface area contributed by atoms with Crippen molar-refractivity contribution in [2.24, 2.45) is 10.8 Å². The zero-order valence-electron chi connectivity index (χ0n) is 14.6. The fourth-order valence-corrected chi connectivity index (χ4v) is 5.18. The lowest BCUT2D eigenvalue weighted by molar-refractivity contribution is -0.148. The number of carbonyl (C=O) groups is 2. The zero-order chi connectivity index (χ0) is 17.4. The first kappa shape index (κ1) is 17.2. The molecule has 0 spiro atoms. The van der Waals surface area contributed by atoms with Crippen LogP contribution in [0.5, 0.6) is 0 Å². The molecule has 2 aliphatic rings. The number of fused-ring (bicyclic) bond motifs is 2. The molecule has 1 aromatic heterocycles. The summed E-state index contributed by atoms with van der Waals surface area (Å²) in [5.41, 5.74) is 1.43. The Balaban J connectivity index is 1.53. The van der Waals surface area contributed by atoms with Crippen LogP contribution in [0.15, 0.2) is 22.9 Å². The lowest BCUT2D eigenvalue weighted by Crippen LogP contribution is -2.39. The van der Waals surface area contributed by atoms with E-state index in [9.17, 15) is 9.59 Å². The fraction of sp³-hybridized carbons (Fsp3) is 0.579. The van der Waals surface area contributed by atoms with Crippen molar-refractivity contribution in [1.29, 1.82) is 0 Å². The summed E-state index contributed by atoms with van der Waals surface area (Å²) >= 11 is 1.57. The van der Waals surface area contributed by atoms with Gasteiger partial charge in [0, 0.05) is 18.7 Å². The summed E-state index contributed by atoms with van der Waals surface area (Å²) in [6, 6.07) is 2.21. The van der Waals surface area contributed by atoms with Crippen molar-refractivity contribution in [2.45, 2.75) is 46.1 Å². The SMILES string of the molecule is CC1(C)C[C@H]2C[C@](C)(CN2C(=O)COC(=O)/C=C/c2ccsc2)C1. The first-order valence-electron chi connectivity index (χ1n) is 8.43. The second-order valence-corrected chi connectivity index (χ2v) is 9.01. The van der Waals surface area contributed by atoms with Gasteiger partial charge in [-0.3, -0.25) is 4.79 Å². The minimum atomic E-state index is -0.469. The van der Waals surface area contributed by atoms with Gasteiger partial charge in [-0.2, -0.15) is 11.3 Å². The third-order valence-corrected chi connectivity index (χ3v) is 5.73. The molecule has 1 saturated heterocycles. The number of carbonyl (C=O) groups excluding carboxylic acids is 2. The molecule has 2 atom stereocenters. The predicted octanol–water partition coefficient (Wildman–Crippen LogP) is 3.73. The predicted molar refractivity (Wildman–Crippen MR) is 95.6 cm³/mol. The maximum atomic E-state index is 12.5. The molecule has 5 heteroatoms. The van der Waals surface area contributed by atoms with Crippen molar-refractivity contribution >= 4 is 29.3 Å². The van der Waals surface area contributed by atoms with Crippen molar-refractivity contribution in [3.8, 4) is 0 Å². The van der Waals surface area contributed by atoms with E-state index in [1.54, 1.807) is 17.4 Å². The van der Waals surface area contributed by atoms with E-state index in [4.69, 9.17) is 4.74 Å².